The van der Waals surface area contributed by atoms with E-state index in [2.05, 4.69) is 5.32 Å². The number of nitrogens with one attached hydrogen (secondary N) is 1. The van der Waals surface area contributed by atoms with E-state index in [0.29, 0.717) is 11.6 Å². The summed E-state index contributed by atoms with van der Waals surface area (Å²) in [6.45, 7) is 0.219. The van der Waals surface area contributed by atoms with Crippen molar-refractivity contribution in [3.63, 3.8) is 0 Å². The number of benzene rings is 2. The van der Waals surface area contributed by atoms with Crippen molar-refractivity contribution in [3.8, 4) is 0 Å². The average molecular weight is 412 g/mol. The van der Waals surface area contributed by atoms with Crippen LogP contribution in [0.1, 0.15) is 18.4 Å². The van der Waals surface area contributed by atoms with Gasteiger partial charge < -0.3 is 5.32 Å². The summed E-state index contributed by atoms with van der Waals surface area (Å²) >= 11 is 0. The Kier molecular flexibility index (Phi) is 6.04. The molecule has 1 aliphatic rings. The molecule has 5 nitrogen and oxygen atoms in total. The third kappa shape index (κ3) is 4.36. The average Bonchev–Trinajstić information content (AvgIpc) is 2.69. The lowest BCUT2D eigenvalue weighted by molar-refractivity contribution is -0.126. The predicted octanol–water partition coefficient (Wildman–Crippen LogP) is 2.82. The molecular weight excluding hydrogens is 393 g/mol. The normalized spacial score (nSPS) is 16.1. The first kappa shape index (κ1) is 20.3. The van der Waals surface area contributed by atoms with Crippen LogP contribution in [0.4, 0.5) is 13.2 Å². The fraction of sp³-hybridized carbons (Fsp3) is 0.316. The van der Waals surface area contributed by atoms with Gasteiger partial charge in [-0.3, -0.25) is 4.79 Å². The second-order valence-electron chi connectivity index (χ2n) is 6.56. The molecule has 0 radical (unpaired) electrons. The molecule has 9 heteroatoms. The summed E-state index contributed by atoms with van der Waals surface area (Å²) in [6, 6.07) is 8.55. The van der Waals surface area contributed by atoms with E-state index in [1.807, 2.05) is 0 Å². The number of rotatable bonds is 5. The molecule has 0 saturated carbocycles. The predicted molar refractivity (Wildman–Crippen MR) is 96.1 cm³/mol. The Labute approximate surface area is 161 Å². The molecule has 1 amide bonds. The maximum absolute atomic E-state index is 13.6. The summed E-state index contributed by atoms with van der Waals surface area (Å²) in [5.74, 6) is -3.43. The van der Waals surface area contributed by atoms with Crippen LogP contribution in [0.15, 0.2) is 47.4 Å². The van der Waals surface area contributed by atoms with Gasteiger partial charge in [0.25, 0.3) is 0 Å². The number of halogens is 3. The van der Waals surface area contributed by atoms with Crippen molar-refractivity contribution in [3.05, 3.63) is 65.5 Å². The van der Waals surface area contributed by atoms with Gasteiger partial charge in [-0.1, -0.05) is 18.2 Å². The summed E-state index contributed by atoms with van der Waals surface area (Å²) in [5.41, 5.74) is 0.370. The highest BCUT2D eigenvalue weighted by Crippen LogP contribution is 2.25. The number of amides is 1. The highest BCUT2D eigenvalue weighted by molar-refractivity contribution is 7.89. The highest BCUT2D eigenvalue weighted by atomic mass is 32.2. The molecule has 0 aromatic heterocycles. The van der Waals surface area contributed by atoms with Gasteiger partial charge in [-0.2, -0.15) is 4.31 Å². The van der Waals surface area contributed by atoms with Gasteiger partial charge in [0.1, 0.15) is 5.82 Å². The van der Waals surface area contributed by atoms with Crippen molar-refractivity contribution in [2.75, 3.05) is 13.1 Å². The van der Waals surface area contributed by atoms with E-state index >= 15 is 0 Å². The molecule has 0 aliphatic carbocycles. The summed E-state index contributed by atoms with van der Waals surface area (Å²) in [6.07, 6.45) is 0.567. The Morgan fingerprint density at radius 3 is 2.32 bits per heavy atom. The molecule has 0 spiro atoms. The van der Waals surface area contributed by atoms with Gasteiger partial charge in [-0.05, 0) is 37.1 Å². The lowest BCUT2D eigenvalue weighted by Crippen LogP contribution is -2.42. The van der Waals surface area contributed by atoms with Gasteiger partial charge in [-0.25, -0.2) is 21.6 Å². The zero-order chi connectivity index (χ0) is 20.3. The number of sulfonamides is 1. The zero-order valence-corrected chi connectivity index (χ0v) is 15.7. The summed E-state index contributed by atoms with van der Waals surface area (Å²) in [4.78, 5) is 12.0. The summed E-state index contributed by atoms with van der Waals surface area (Å²) in [7, 11) is -3.97. The molecule has 1 fully saturated rings. The van der Waals surface area contributed by atoms with Crippen LogP contribution in [-0.2, 0) is 21.4 Å². The number of nitrogens with zero attached hydrogens (tertiary/aromatic N) is 1. The first-order chi connectivity index (χ1) is 13.3. The van der Waals surface area contributed by atoms with Crippen LogP contribution >= 0.6 is 0 Å². The van der Waals surface area contributed by atoms with Crippen molar-refractivity contribution in [2.45, 2.75) is 24.3 Å². The van der Waals surface area contributed by atoms with E-state index < -0.39 is 33.4 Å². The molecule has 1 N–H and O–H groups in total. The minimum absolute atomic E-state index is 0.0544. The molecule has 0 unspecified atom stereocenters. The Bertz CT molecular complexity index is 974. The van der Waals surface area contributed by atoms with E-state index in [-0.39, 0.29) is 43.3 Å². The molecule has 2 aromatic rings. The fourth-order valence-electron chi connectivity index (χ4n) is 3.11. The number of carbonyl (C=O) groups excluding carboxylic acids is 1. The number of carbonyl (C=O) groups is 1. The van der Waals surface area contributed by atoms with Crippen molar-refractivity contribution in [2.24, 2.45) is 5.92 Å². The summed E-state index contributed by atoms with van der Waals surface area (Å²) < 4.78 is 66.3. The van der Waals surface area contributed by atoms with E-state index in [4.69, 9.17) is 0 Å². The van der Waals surface area contributed by atoms with Crippen LogP contribution in [0.3, 0.4) is 0 Å². The van der Waals surface area contributed by atoms with Crippen LogP contribution in [0.5, 0.6) is 0 Å². The van der Waals surface area contributed by atoms with Crippen LogP contribution < -0.4 is 5.32 Å². The second kappa shape index (κ2) is 8.32. The quantitative estimate of drug-likeness (QED) is 0.821. The smallest absolute Gasteiger partial charge is 0.243 e. The third-order valence-corrected chi connectivity index (χ3v) is 6.66. The van der Waals surface area contributed by atoms with Crippen LogP contribution in [0.2, 0.25) is 0 Å². The fourth-order valence-corrected chi connectivity index (χ4v) is 4.60. The monoisotopic (exact) mass is 412 g/mol. The molecule has 1 saturated heterocycles. The maximum Gasteiger partial charge on any atom is 0.243 e. The number of hydrogen-bond donors (Lipinski definition) is 1. The molecule has 1 aliphatic heterocycles. The van der Waals surface area contributed by atoms with E-state index in [1.54, 1.807) is 18.2 Å². The first-order valence-corrected chi connectivity index (χ1v) is 10.2. The van der Waals surface area contributed by atoms with Gasteiger partial charge in [0.2, 0.25) is 15.9 Å². The van der Waals surface area contributed by atoms with Crippen LogP contribution in [-0.4, -0.2) is 31.7 Å². The van der Waals surface area contributed by atoms with E-state index in [9.17, 15) is 26.4 Å². The van der Waals surface area contributed by atoms with E-state index in [0.717, 1.165) is 16.4 Å². The molecule has 0 atom stereocenters. The largest absolute Gasteiger partial charge is 0.352 e. The second-order valence-corrected chi connectivity index (χ2v) is 8.50. The van der Waals surface area contributed by atoms with Gasteiger partial charge >= 0.3 is 0 Å². The minimum Gasteiger partial charge on any atom is -0.352 e. The standard InChI is InChI=1S/C19H19F3N2O3S/c20-16-4-2-1-3-14(16)12-23-19(25)13-7-9-24(10-8-13)28(26,27)15-5-6-17(21)18(22)11-15/h1-6,11,13H,7-10,12H2,(H,23,25). The Balaban J connectivity index is 1.58. The van der Waals surface area contributed by atoms with Crippen LogP contribution in [0, 0.1) is 23.4 Å². The van der Waals surface area contributed by atoms with Gasteiger partial charge in [-0.15, -0.1) is 0 Å². The van der Waals surface area contributed by atoms with Crippen molar-refractivity contribution < 1.29 is 26.4 Å². The van der Waals surface area contributed by atoms with Gasteiger partial charge in [0.05, 0.1) is 4.90 Å². The lowest BCUT2D eigenvalue weighted by atomic mass is 9.97. The zero-order valence-electron chi connectivity index (χ0n) is 14.9. The van der Waals surface area contributed by atoms with Crippen LogP contribution in [0.25, 0.3) is 0 Å². The topological polar surface area (TPSA) is 66.5 Å². The Hall–Kier alpha value is -2.39. The third-order valence-electron chi connectivity index (χ3n) is 4.76. The number of piperidine rings is 1. The molecule has 150 valence electrons. The van der Waals surface area contributed by atoms with Gasteiger partial charge in [0.15, 0.2) is 11.6 Å². The number of hydrogen-bond acceptors (Lipinski definition) is 3. The molecule has 28 heavy (non-hydrogen) atoms. The minimum atomic E-state index is -3.97. The molecular formula is C19H19F3N2O3S. The van der Waals surface area contributed by atoms with Crippen molar-refractivity contribution in [1.82, 2.24) is 9.62 Å². The Morgan fingerprint density at radius 2 is 1.68 bits per heavy atom. The van der Waals surface area contributed by atoms with Crippen molar-refractivity contribution in [1.29, 1.82) is 0 Å². The molecule has 2 aromatic carbocycles. The summed E-state index contributed by atoms with van der Waals surface area (Å²) in [5, 5.41) is 2.67. The molecule has 0 bridgehead atoms. The SMILES string of the molecule is O=C(NCc1ccccc1F)C1CCN(S(=O)(=O)c2ccc(F)c(F)c2)CC1. The highest BCUT2D eigenvalue weighted by Gasteiger charge is 2.32. The van der Waals surface area contributed by atoms with E-state index in [1.165, 1.54) is 6.07 Å². The molecule has 3 rings (SSSR count). The van der Waals surface area contributed by atoms with Gasteiger partial charge in [0, 0.05) is 31.1 Å². The molecule has 1 heterocycles. The van der Waals surface area contributed by atoms with Crippen molar-refractivity contribution >= 4 is 15.9 Å². The Morgan fingerprint density at radius 1 is 1.00 bits per heavy atom. The first-order valence-electron chi connectivity index (χ1n) is 8.75. The lowest BCUT2D eigenvalue weighted by Gasteiger charge is -2.30. The maximum atomic E-state index is 13.6.